The van der Waals surface area contributed by atoms with E-state index >= 15 is 0 Å². The van der Waals surface area contributed by atoms with Gasteiger partial charge in [-0.05, 0) is 42.5 Å². The molecule has 0 radical (unpaired) electrons. The van der Waals surface area contributed by atoms with E-state index in [0.717, 1.165) is 30.4 Å². The van der Waals surface area contributed by atoms with Crippen LogP contribution < -0.4 is 10.5 Å². The van der Waals surface area contributed by atoms with Gasteiger partial charge >= 0.3 is 6.36 Å². The predicted octanol–water partition coefficient (Wildman–Crippen LogP) is 3.48. The van der Waals surface area contributed by atoms with E-state index in [1.54, 1.807) is 12.1 Å². The van der Waals surface area contributed by atoms with Crippen molar-refractivity contribution in [2.45, 2.75) is 31.7 Å². The molecule has 0 saturated heterocycles. The third kappa shape index (κ3) is 3.50. The van der Waals surface area contributed by atoms with Crippen molar-refractivity contribution in [3.05, 3.63) is 35.9 Å². The average Bonchev–Trinajstić information content (AvgIpc) is 2.27. The minimum absolute atomic E-state index is 0.0130. The first-order chi connectivity index (χ1) is 8.44. The second-order valence-corrected chi connectivity index (χ2v) is 4.32. The second kappa shape index (κ2) is 5.02. The van der Waals surface area contributed by atoms with Gasteiger partial charge in [-0.2, -0.15) is 0 Å². The van der Waals surface area contributed by atoms with E-state index in [4.69, 9.17) is 5.73 Å². The zero-order valence-corrected chi connectivity index (χ0v) is 9.70. The van der Waals surface area contributed by atoms with Crippen LogP contribution in [0.25, 0.3) is 5.57 Å². The number of alkyl halides is 3. The SMILES string of the molecule is NC1C=C(c2cccc(OC(F)(F)F)c2)CCC1. The Kier molecular flexibility index (Phi) is 3.61. The van der Waals surface area contributed by atoms with Crippen LogP contribution in [0.4, 0.5) is 13.2 Å². The van der Waals surface area contributed by atoms with Gasteiger partial charge in [0.1, 0.15) is 5.75 Å². The largest absolute Gasteiger partial charge is 0.573 e. The molecule has 2 nitrogen and oxygen atoms in total. The van der Waals surface area contributed by atoms with Crippen molar-refractivity contribution in [3.63, 3.8) is 0 Å². The molecule has 0 aliphatic heterocycles. The molecule has 2 N–H and O–H groups in total. The Balaban J connectivity index is 2.22. The molecule has 5 heteroatoms. The summed E-state index contributed by atoms with van der Waals surface area (Å²) in [5.41, 5.74) is 7.54. The van der Waals surface area contributed by atoms with Crippen molar-refractivity contribution in [3.8, 4) is 5.75 Å². The van der Waals surface area contributed by atoms with Crippen LogP contribution in [-0.2, 0) is 0 Å². The molecule has 0 amide bonds. The Hall–Kier alpha value is -1.49. The number of ether oxygens (including phenoxy) is 1. The minimum atomic E-state index is -4.66. The predicted molar refractivity (Wildman–Crippen MR) is 62.9 cm³/mol. The second-order valence-electron chi connectivity index (χ2n) is 4.32. The molecule has 0 bridgehead atoms. The summed E-state index contributed by atoms with van der Waals surface area (Å²) in [5.74, 6) is -0.194. The van der Waals surface area contributed by atoms with Gasteiger partial charge in [0.15, 0.2) is 0 Å². The van der Waals surface area contributed by atoms with Gasteiger partial charge < -0.3 is 10.5 Å². The standard InChI is InChI=1S/C13H14F3NO/c14-13(15,16)18-12-6-2-4-10(8-12)9-3-1-5-11(17)7-9/h2,4,6-8,11H,1,3,5,17H2. The van der Waals surface area contributed by atoms with Crippen molar-refractivity contribution in [1.29, 1.82) is 0 Å². The zero-order valence-electron chi connectivity index (χ0n) is 9.70. The summed E-state index contributed by atoms with van der Waals surface area (Å²) in [5, 5.41) is 0. The Labute approximate surface area is 103 Å². The third-order valence-corrected chi connectivity index (χ3v) is 2.84. The number of allylic oxidation sites excluding steroid dienone is 1. The van der Waals surface area contributed by atoms with Crippen LogP contribution in [-0.4, -0.2) is 12.4 Å². The van der Waals surface area contributed by atoms with Crippen molar-refractivity contribution >= 4 is 5.57 Å². The third-order valence-electron chi connectivity index (χ3n) is 2.84. The van der Waals surface area contributed by atoms with Gasteiger partial charge in [0.2, 0.25) is 0 Å². The molecule has 1 aromatic carbocycles. The fraction of sp³-hybridized carbons (Fsp3) is 0.385. The molecule has 0 saturated carbocycles. The lowest BCUT2D eigenvalue weighted by Gasteiger charge is -2.18. The number of hydrogen-bond acceptors (Lipinski definition) is 2. The summed E-state index contributed by atoms with van der Waals surface area (Å²) in [6.45, 7) is 0. The lowest BCUT2D eigenvalue weighted by atomic mass is 9.91. The van der Waals surface area contributed by atoms with Gasteiger partial charge in [0, 0.05) is 6.04 Å². The highest BCUT2D eigenvalue weighted by molar-refractivity contribution is 5.68. The minimum Gasteiger partial charge on any atom is -0.406 e. The molecule has 18 heavy (non-hydrogen) atoms. The van der Waals surface area contributed by atoms with Gasteiger partial charge in [0.25, 0.3) is 0 Å². The Bertz CT molecular complexity index is 454. The molecular formula is C13H14F3NO. The van der Waals surface area contributed by atoms with Gasteiger partial charge in [-0.25, -0.2) is 0 Å². The van der Waals surface area contributed by atoms with Gasteiger partial charge in [-0.1, -0.05) is 18.2 Å². The molecule has 0 spiro atoms. The highest BCUT2D eigenvalue weighted by Crippen LogP contribution is 2.30. The molecule has 1 aromatic rings. The van der Waals surface area contributed by atoms with E-state index < -0.39 is 6.36 Å². The summed E-state index contributed by atoms with van der Waals surface area (Å²) in [7, 11) is 0. The molecule has 98 valence electrons. The molecule has 1 aliphatic rings. The van der Waals surface area contributed by atoms with Crippen molar-refractivity contribution in [1.82, 2.24) is 0 Å². The highest BCUT2D eigenvalue weighted by Gasteiger charge is 2.31. The van der Waals surface area contributed by atoms with E-state index in [9.17, 15) is 13.2 Å². The first-order valence-corrected chi connectivity index (χ1v) is 5.76. The van der Waals surface area contributed by atoms with E-state index in [0.29, 0.717) is 0 Å². The summed E-state index contributed by atoms with van der Waals surface area (Å²) in [4.78, 5) is 0. The zero-order chi connectivity index (χ0) is 13.2. The number of hydrogen-bond donors (Lipinski definition) is 1. The molecular weight excluding hydrogens is 243 g/mol. The number of halogens is 3. The molecule has 1 unspecified atom stereocenters. The maximum absolute atomic E-state index is 12.1. The van der Waals surface area contributed by atoms with Gasteiger partial charge in [-0.3, -0.25) is 0 Å². The molecule has 0 aromatic heterocycles. The van der Waals surface area contributed by atoms with E-state index in [1.165, 1.54) is 12.1 Å². The van der Waals surface area contributed by atoms with E-state index in [2.05, 4.69) is 4.74 Å². The average molecular weight is 257 g/mol. The van der Waals surface area contributed by atoms with Crippen LogP contribution in [0.15, 0.2) is 30.3 Å². The van der Waals surface area contributed by atoms with Crippen LogP contribution in [0.2, 0.25) is 0 Å². The van der Waals surface area contributed by atoms with E-state index in [-0.39, 0.29) is 11.8 Å². The Morgan fingerprint density at radius 2 is 2.06 bits per heavy atom. The van der Waals surface area contributed by atoms with Crippen LogP contribution in [0.3, 0.4) is 0 Å². The summed E-state index contributed by atoms with van der Waals surface area (Å²) >= 11 is 0. The Morgan fingerprint density at radius 1 is 1.28 bits per heavy atom. The quantitative estimate of drug-likeness (QED) is 0.880. The van der Waals surface area contributed by atoms with Gasteiger partial charge in [-0.15, -0.1) is 13.2 Å². The summed E-state index contributed by atoms with van der Waals surface area (Å²) < 4.78 is 40.3. The van der Waals surface area contributed by atoms with Crippen LogP contribution >= 0.6 is 0 Å². The molecule has 2 rings (SSSR count). The lowest BCUT2D eigenvalue weighted by Crippen LogP contribution is -2.20. The first-order valence-electron chi connectivity index (χ1n) is 5.76. The number of benzene rings is 1. The van der Waals surface area contributed by atoms with Crippen LogP contribution in [0.1, 0.15) is 24.8 Å². The molecule has 0 fully saturated rings. The van der Waals surface area contributed by atoms with Gasteiger partial charge in [0.05, 0.1) is 0 Å². The fourth-order valence-electron chi connectivity index (χ4n) is 2.09. The maximum Gasteiger partial charge on any atom is 0.573 e. The van der Waals surface area contributed by atoms with Crippen molar-refractivity contribution < 1.29 is 17.9 Å². The summed E-state index contributed by atoms with van der Waals surface area (Å²) in [6, 6.07) is 6.00. The Morgan fingerprint density at radius 3 is 2.72 bits per heavy atom. The smallest absolute Gasteiger partial charge is 0.406 e. The number of rotatable bonds is 2. The highest BCUT2D eigenvalue weighted by atomic mass is 19.4. The summed E-state index contributed by atoms with van der Waals surface area (Å²) in [6.07, 6.45) is -0.0328. The monoisotopic (exact) mass is 257 g/mol. The number of nitrogens with two attached hydrogens (primary N) is 1. The van der Waals surface area contributed by atoms with Crippen molar-refractivity contribution in [2.24, 2.45) is 5.73 Å². The topological polar surface area (TPSA) is 35.2 Å². The van der Waals surface area contributed by atoms with Crippen molar-refractivity contribution in [2.75, 3.05) is 0 Å². The van der Waals surface area contributed by atoms with Crippen LogP contribution in [0, 0.1) is 0 Å². The van der Waals surface area contributed by atoms with Crippen LogP contribution in [0.5, 0.6) is 5.75 Å². The molecule has 0 heterocycles. The fourth-order valence-corrected chi connectivity index (χ4v) is 2.09. The lowest BCUT2D eigenvalue weighted by molar-refractivity contribution is -0.274. The van der Waals surface area contributed by atoms with E-state index in [1.807, 2.05) is 6.08 Å². The first kappa shape index (κ1) is 13.0. The maximum atomic E-state index is 12.1. The molecule has 1 atom stereocenters. The molecule has 1 aliphatic carbocycles. The normalized spacial score (nSPS) is 20.4.